The number of fused-ring (bicyclic) bond motifs is 1. The molecule has 2 aliphatic rings. The minimum absolute atomic E-state index is 0.129. The first-order valence-electron chi connectivity index (χ1n) is 11.3. The minimum Gasteiger partial charge on any atom is -0.355 e. The van der Waals surface area contributed by atoms with Crippen molar-refractivity contribution in [2.24, 2.45) is 15.4 Å². The Balaban J connectivity index is 1.24. The second-order valence-corrected chi connectivity index (χ2v) is 9.42. The van der Waals surface area contributed by atoms with Crippen LogP contribution in [0.25, 0.3) is 10.9 Å². The molecule has 0 amide bonds. The van der Waals surface area contributed by atoms with E-state index in [-0.39, 0.29) is 11.2 Å². The van der Waals surface area contributed by atoms with Gasteiger partial charge in [-0.15, -0.1) is 0 Å². The van der Waals surface area contributed by atoms with Crippen molar-refractivity contribution in [1.29, 1.82) is 5.26 Å². The maximum Gasteiger partial charge on any atom is 0.408 e. The molecular weight excluding hydrogens is 457 g/mol. The molecule has 4 heterocycles. The number of aromatic nitrogens is 3. The summed E-state index contributed by atoms with van der Waals surface area (Å²) < 4.78 is 39.3. The Kier molecular flexibility index (Phi) is 5.63. The topological polar surface area (TPSA) is 88.6 Å². The van der Waals surface area contributed by atoms with Crippen molar-refractivity contribution >= 4 is 29.3 Å². The van der Waals surface area contributed by atoms with Crippen LogP contribution >= 0.6 is 0 Å². The van der Waals surface area contributed by atoms with Crippen molar-refractivity contribution < 1.29 is 13.2 Å². The van der Waals surface area contributed by atoms with Crippen LogP contribution in [0.3, 0.4) is 0 Å². The molecule has 3 aromatic rings. The first kappa shape index (κ1) is 23.1. The third-order valence-electron chi connectivity index (χ3n) is 6.77. The van der Waals surface area contributed by atoms with Crippen LogP contribution in [0, 0.1) is 16.7 Å². The monoisotopic (exact) mass is 482 g/mol. The van der Waals surface area contributed by atoms with Gasteiger partial charge in [-0.3, -0.25) is 14.6 Å². The minimum atomic E-state index is -4.37. The average molecular weight is 483 g/mol. The summed E-state index contributed by atoms with van der Waals surface area (Å²) in [6.07, 6.45) is -1.98. The highest BCUT2D eigenvalue weighted by Crippen LogP contribution is 2.41. The Morgan fingerprint density at radius 2 is 2.09 bits per heavy atom. The molecule has 0 atom stereocenters. The number of aliphatic imine (C=N–C) groups is 2. The van der Waals surface area contributed by atoms with E-state index in [1.807, 2.05) is 12.1 Å². The predicted octanol–water partition coefficient (Wildman–Crippen LogP) is 3.71. The van der Waals surface area contributed by atoms with E-state index < -0.39 is 12.7 Å². The van der Waals surface area contributed by atoms with Crippen molar-refractivity contribution in [3.8, 4) is 6.07 Å². The van der Waals surface area contributed by atoms with Crippen molar-refractivity contribution in [2.45, 2.75) is 25.7 Å². The van der Waals surface area contributed by atoms with Crippen molar-refractivity contribution in [3.05, 3.63) is 47.3 Å². The fourth-order valence-electron chi connectivity index (χ4n) is 5.31. The van der Waals surface area contributed by atoms with Gasteiger partial charge >= 0.3 is 6.18 Å². The Hall–Kier alpha value is -3.65. The summed E-state index contributed by atoms with van der Waals surface area (Å²) in [4.78, 5) is 15.8. The van der Waals surface area contributed by atoms with Crippen molar-refractivity contribution in [1.82, 2.24) is 24.6 Å². The number of aromatic amines is 1. The van der Waals surface area contributed by atoms with Crippen LogP contribution in [0.1, 0.15) is 23.2 Å². The first-order chi connectivity index (χ1) is 16.7. The number of rotatable bonds is 5. The summed E-state index contributed by atoms with van der Waals surface area (Å²) in [5.74, 6) is 0.749. The lowest BCUT2D eigenvalue weighted by atomic mass is 9.78. The number of hydrogen-bond acceptors (Lipinski definition) is 5. The third-order valence-corrected chi connectivity index (χ3v) is 6.77. The molecule has 2 aromatic heterocycles. The van der Waals surface area contributed by atoms with Gasteiger partial charge in [0.25, 0.3) is 0 Å². The smallest absolute Gasteiger partial charge is 0.355 e. The molecule has 35 heavy (non-hydrogen) atoms. The number of amidine groups is 1. The van der Waals surface area contributed by atoms with E-state index in [2.05, 4.69) is 54.8 Å². The van der Waals surface area contributed by atoms with Gasteiger partial charge in [0, 0.05) is 55.7 Å². The summed E-state index contributed by atoms with van der Waals surface area (Å²) in [5, 5.41) is 14.1. The second-order valence-electron chi connectivity index (χ2n) is 9.42. The molecule has 0 saturated carbocycles. The zero-order valence-corrected chi connectivity index (χ0v) is 19.3. The van der Waals surface area contributed by atoms with Crippen LogP contribution in [0.2, 0.25) is 0 Å². The van der Waals surface area contributed by atoms with Gasteiger partial charge in [0.1, 0.15) is 24.1 Å². The van der Waals surface area contributed by atoms with Crippen LogP contribution in [0.4, 0.5) is 19.0 Å². The van der Waals surface area contributed by atoms with Gasteiger partial charge in [-0.2, -0.15) is 23.5 Å². The van der Waals surface area contributed by atoms with Crippen molar-refractivity contribution in [2.75, 3.05) is 33.2 Å². The molecule has 5 rings (SSSR count). The number of halogens is 3. The summed E-state index contributed by atoms with van der Waals surface area (Å²) in [5.41, 5.74) is 3.30. The molecule has 11 heteroatoms. The number of nitriles is 1. The van der Waals surface area contributed by atoms with E-state index in [4.69, 9.17) is 5.26 Å². The van der Waals surface area contributed by atoms with E-state index in [9.17, 15) is 13.2 Å². The highest BCUT2D eigenvalue weighted by atomic mass is 19.4. The Morgan fingerprint density at radius 3 is 2.77 bits per heavy atom. The van der Waals surface area contributed by atoms with Crippen LogP contribution in [-0.4, -0.2) is 76.5 Å². The molecule has 1 spiro atoms. The van der Waals surface area contributed by atoms with Gasteiger partial charge in [0.15, 0.2) is 5.82 Å². The highest BCUT2D eigenvalue weighted by molar-refractivity contribution is 6.02. The third kappa shape index (κ3) is 4.53. The normalized spacial score (nSPS) is 18.3. The van der Waals surface area contributed by atoms with E-state index in [1.54, 1.807) is 7.05 Å². The molecule has 2 saturated heterocycles. The number of hydrogen-bond donors (Lipinski definition) is 1. The van der Waals surface area contributed by atoms with Crippen LogP contribution in [-0.2, 0) is 13.1 Å². The predicted molar refractivity (Wildman–Crippen MR) is 127 cm³/mol. The molecule has 0 unspecified atom stereocenters. The van der Waals surface area contributed by atoms with Crippen molar-refractivity contribution in [3.63, 3.8) is 0 Å². The second kappa shape index (κ2) is 8.53. The van der Waals surface area contributed by atoms with Gasteiger partial charge in [-0.1, -0.05) is 12.1 Å². The number of nitrogens with one attached hydrogen (secondary N) is 1. The molecule has 2 aliphatic heterocycles. The molecule has 2 fully saturated rings. The Morgan fingerprint density at radius 1 is 1.29 bits per heavy atom. The number of likely N-dealkylation sites (tertiary alicyclic amines) is 2. The van der Waals surface area contributed by atoms with Crippen LogP contribution in [0.15, 0.2) is 40.4 Å². The lowest BCUT2D eigenvalue weighted by Gasteiger charge is -2.49. The number of H-pyrrole nitrogens is 1. The SMILES string of the molecule is C=Nc1nn(CC(F)(F)F)cc1/C(=N\C)N1CC2(CCN(Cc3ccc4cc(C#N)[nH]c4c3)C2)C1. The standard InChI is InChI=1S/C24H25F3N8/c1-29-21-19(11-35(32-21)15-24(25,26)27)22(30-2)34-13-23(14-34)5-6-33(12-23)10-16-3-4-17-8-18(9-28)31-20(17)7-16/h3-4,7-8,11,31H,1,5-6,10,12-15H2,2H3/b30-22+. The van der Waals surface area contributed by atoms with E-state index in [0.717, 1.165) is 54.7 Å². The van der Waals surface area contributed by atoms with Gasteiger partial charge in [-0.25, -0.2) is 4.99 Å². The lowest BCUT2D eigenvalue weighted by Crippen LogP contribution is -2.59. The average Bonchev–Trinajstić information content (AvgIpc) is 3.49. The fraction of sp³-hybridized carbons (Fsp3) is 0.417. The van der Waals surface area contributed by atoms with E-state index >= 15 is 0 Å². The zero-order chi connectivity index (χ0) is 24.8. The van der Waals surface area contributed by atoms with Crippen LogP contribution < -0.4 is 0 Å². The number of nitrogens with zero attached hydrogens (tertiary/aromatic N) is 7. The Labute approximate surface area is 200 Å². The van der Waals surface area contributed by atoms with Crippen LogP contribution in [0.5, 0.6) is 0 Å². The summed E-state index contributed by atoms with van der Waals surface area (Å²) in [6.45, 7) is 6.56. The van der Waals surface area contributed by atoms with E-state index in [1.165, 1.54) is 11.8 Å². The highest BCUT2D eigenvalue weighted by Gasteiger charge is 2.49. The summed E-state index contributed by atoms with van der Waals surface area (Å²) in [7, 11) is 1.63. The molecular formula is C24H25F3N8. The maximum atomic E-state index is 12.8. The molecule has 0 aliphatic carbocycles. The maximum absolute atomic E-state index is 12.8. The number of benzene rings is 1. The molecule has 8 nitrogen and oxygen atoms in total. The first-order valence-corrected chi connectivity index (χ1v) is 11.3. The molecule has 0 radical (unpaired) electrons. The van der Waals surface area contributed by atoms with Gasteiger partial charge in [0.05, 0.1) is 5.56 Å². The molecule has 1 aromatic carbocycles. The molecule has 1 N–H and O–H groups in total. The zero-order valence-electron chi connectivity index (χ0n) is 19.3. The molecule has 0 bridgehead atoms. The lowest BCUT2D eigenvalue weighted by molar-refractivity contribution is -0.142. The largest absolute Gasteiger partial charge is 0.408 e. The van der Waals surface area contributed by atoms with Gasteiger partial charge in [-0.05, 0) is 37.4 Å². The van der Waals surface area contributed by atoms with Gasteiger partial charge in [0.2, 0.25) is 0 Å². The summed E-state index contributed by atoms with van der Waals surface area (Å²) in [6, 6.07) is 10.2. The molecule has 182 valence electrons. The summed E-state index contributed by atoms with van der Waals surface area (Å²) >= 11 is 0. The quantitative estimate of drug-likeness (QED) is 0.444. The Bertz CT molecular complexity index is 1340. The fourth-order valence-corrected chi connectivity index (χ4v) is 5.31. The van der Waals surface area contributed by atoms with Gasteiger partial charge < -0.3 is 9.88 Å². The van der Waals surface area contributed by atoms with E-state index in [0.29, 0.717) is 17.1 Å². The number of alkyl halides is 3.